The van der Waals surface area contributed by atoms with Crippen molar-refractivity contribution >= 4 is 11.8 Å². The van der Waals surface area contributed by atoms with Crippen molar-refractivity contribution in [2.75, 3.05) is 20.2 Å². The van der Waals surface area contributed by atoms with Crippen molar-refractivity contribution in [1.29, 1.82) is 0 Å². The topological polar surface area (TPSA) is 82.1 Å². The van der Waals surface area contributed by atoms with Crippen molar-refractivity contribution in [2.45, 2.75) is 88.2 Å². The van der Waals surface area contributed by atoms with Crippen molar-refractivity contribution in [3.8, 4) is 0 Å². The van der Waals surface area contributed by atoms with Crippen LogP contribution in [0.3, 0.4) is 0 Å². The standard InChI is InChI=1S/C31H39N3O4/c1-31(2)18-33(17-28(35)27-13-19-6-4-5-7-21(19)16-32-27)30(37)25-11-8-20(12-26(25)31)29(36)34-22-9-10-23(34)15-24(14-22)38-3/h4-8,11-12,22-24,27-28,32,35H,9-10,13-18H2,1-3H3/t22-,23+,24-,27-,28+/m0/s1. The number of aliphatic hydroxyl groups excluding tert-OH is 1. The lowest BCUT2D eigenvalue weighted by atomic mass is 9.77. The van der Waals surface area contributed by atoms with Gasteiger partial charge in [0.25, 0.3) is 11.8 Å². The Morgan fingerprint density at radius 2 is 1.84 bits per heavy atom. The quantitative estimate of drug-likeness (QED) is 0.636. The molecule has 0 radical (unpaired) electrons. The van der Waals surface area contributed by atoms with Crippen molar-refractivity contribution in [2.24, 2.45) is 0 Å². The maximum absolute atomic E-state index is 13.7. The zero-order valence-electron chi connectivity index (χ0n) is 22.7. The minimum atomic E-state index is -0.670. The van der Waals surface area contributed by atoms with E-state index < -0.39 is 6.10 Å². The Balaban J connectivity index is 1.18. The molecule has 4 aliphatic heterocycles. The zero-order valence-corrected chi connectivity index (χ0v) is 22.7. The molecule has 7 heteroatoms. The molecular weight excluding hydrogens is 478 g/mol. The molecule has 6 rings (SSSR count). The smallest absolute Gasteiger partial charge is 0.254 e. The van der Waals surface area contributed by atoms with Gasteiger partial charge in [-0.1, -0.05) is 38.1 Å². The third kappa shape index (κ3) is 4.44. The first-order valence-corrected chi connectivity index (χ1v) is 14.0. The van der Waals surface area contributed by atoms with Crippen LogP contribution in [0.15, 0.2) is 42.5 Å². The number of nitrogens with one attached hydrogen (secondary N) is 1. The largest absolute Gasteiger partial charge is 0.390 e. The number of hydrogen-bond donors (Lipinski definition) is 2. The molecule has 2 fully saturated rings. The van der Waals surface area contributed by atoms with Crippen molar-refractivity contribution in [3.63, 3.8) is 0 Å². The van der Waals surface area contributed by atoms with E-state index in [0.717, 1.165) is 44.2 Å². The summed E-state index contributed by atoms with van der Waals surface area (Å²) in [6, 6.07) is 14.3. The summed E-state index contributed by atoms with van der Waals surface area (Å²) in [4.78, 5) is 31.1. The number of amides is 2. The van der Waals surface area contributed by atoms with Gasteiger partial charge in [-0.05, 0) is 67.0 Å². The number of hydrogen-bond acceptors (Lipinski definition) is 5. The van der Waals surface area contributed by atoms with E-state index in [1.54, 1.807) is 12.0 Å². The van der Waals surface area contributed by atoms with E-state index in [2.05, 4.69) is 36.2 Å². The number of benzene rings is 2. The molecule has 4 heterocycles. The number of piperidine rings is 1. The summed E-state index contributed by atoms with van der Waals surface area (Å²) in [5, 5.41) is 14.6. The molecule has 7 nitrogen and oxygen atoms in total. The summed E-state index contributed by atoms with van der Waals surface area (Å²) in [6.45, 7) is 5.74. The molecule has 0 saturated carbocycles. The van der Waals surface area contributed by atoms with E-state index in [9.17, 15) is 14.7 Å². The van der Waals surface area contributed by atoms with Gasteiger partial charge in [0.15, 0.2) is 0 Å². The van der Waals surface area contributed by atoms with Crippen LogP contribution in [0.25, 0.3) is 0 Å². The molecule has 2 saturated heterocycles. The molecule has 202 valence electrons. The van der Waals surface area contributed by atoms with Crippen LogP contribution in [-0.2, 0) is 23.1 Å². The maximum atomic E-state index is 13.7. The molecule has 2 amide bonds. The van der Waals surface area contributed by atoms with E-state index in [4.69, 9.17) is 4.74 Å². The summed E-state index contributed by atoms with van der Waals surface area (Å²) in [5.41, 5.74) is 4.39. The summed E-state index contributed by atoms with van der Waals surface area (Å²) in [6.07, 6.45) is 4.16. The van der Waals surface area contributed by atoms with Crippen LogP contribution in [-0.4, -0.2) is 77.3 Å². The van der Waals surface area contributed by atoms with Crippen LogP contribution in [0, 0.1) is 0 Å². The van der Waals surface area contributed by atoms with Crippen LogP contribution in [0.4, 0.5) is 0 Å². The van der Waals surface area contributed by atoms with E-state index in [1.807, 2.05) is 30.3 Å². The first-order chi connectivity index (χ1) is 18.2. The highest BCUT2D eigenvalue weighted by Crippen LogP contribution is 2.39. The van der Waals surface area contributed by atoms with E-state index in [-0.39, 0.29) is 48.0 Å². The molecule has 0 aliphatic carbocycles. The van der Waals surface area contributed by atoms with E-state index >= 15 is 0 Å². The molecule has 2 N–H and O–H groups in total. The van der Waals surface area contributed by atoms with Gasteiger partial charge in [-0.2, -0.15) is 0 Å². The minimum absolute atomic E-state index is 0.0691. The van der Waals surface area contributed by atoms with Gasteiger partial charge in [-0.3, -0.25) is 9.59 Å². The Kier molecular flexibility index (Phi) is 6.57. The molecule has 2 aromatic rings. The van der Waals surface area contributed by atoms with Crippen LogP contribution in [0.5, 0.6) is 0 Å². The average Bonchev–Trinajstić information content (AvgIpc) is 3.19. The Labute approximate surface area is 225 Å². The highest BCUT2D eigenvalue weighted by molar-refractivity contribution is 6.00. The van der Waals surface area contributed by atoms with Crippen LogP contribution < -0.4 is 5.32 Å². The summed E-state index contributed by atoms with van der Waals surface area (Å²) in [7, 11) is 1.76. The van der Waals surface area contributed by atoms with E-state index in [1.165, 1.54) is 11.1 Å². The number of carbonyl (C=O) groups excluding carboxylic acids is 2. The third-order valence-corrected chi connectivity index (χ3v) is 9.34. The highest BCUT2D eigenvalue weighted by atomic mass is 16.5. The van der Waals surface area contributed by atoms with Gasteiger partial charge in [0.05, 0.1) is 12.2 Å². The second-order valence-corrected chi connectivity index (χ2v) is 12.3. The Morgan fingerprint density at radius 1 is 1.13 bits per heavy atom. The van der Waals surface area contributed by atoms with E-state index in [0.29, 0.717) is 17.7 Å². The van der Waals surface area contributed by atoms with Crippen LogP contribution in [0.1, 0.15) is 76.9 Å². The normalized spacial score (nSPS) is 28.6. The summed E-state index contributed by atoms with van der Waals surface area (Å²) in [5.74, 6) is -0.00540. The molecule has 0 unspecified atom stereocenters. The molecule has 2 aromatic carbocycles. The van der Waals surface area contributed by atoms with Gasteiger partial charge in [-0.25, -0.2) is 0 Å². The lowest BCUT2D eigenvalue weighted by molar-refractivity contribution is 0.00819. The van der Waals surface area contributed by atoms with Gasteiger partial charge in [0.2, 0.25) is 0 Å². The molecule has 0 aromatic heterocycles. The molecule has 4 aliphatic rings. The number of ether oxygens (including phenoxy) is 1. The number of nitrogens with zero attached hydrogens (tertiary/aromatic N) is 2. The number of rotatable bonds is 5. The lowest BCUT2D eigenvalue weighted by Crippen LogP contribution is -2.54. The average molecular weight is 518 g/mol. The van der Waals surface area contributed by atoms with Crippen LogP contribution >= 0.6 is 0 Å². The summed E-state index contributed by atoms with van der Waals surface area (Å²) >= 11 is 0. The van der Waals surface area contributed by atoms with Gasteiger partial charge in [0.1, 0.15) is 0 Å². The second kappa shape index (κ2) is 9.78. The molecule has 2 bridgehead atoms. The Morgan fingerprint density at radius 3 is 2.55 bits per heavy atom. The number of aliphatic hydroxyl groups is 1. The molecule has 5 atom stereocenters. The first kappa shape index (κ1) is 25.5. The number of fused-ring (bicyclic) bond motifs is 4. The lowest BCUT2D eigenvalue weighted by Gasteiger charge is -2.42. The number of β-amino-alcohol motifs (C(OH)–C–C–N with tert-alkyl or cyclic N) is 1. The Bertz CT molecular complexity index is 1230. The van der Waals surface area contributed by atoms with Gasteiger partial charge in [-0.15, -0.1) is 0 Å². The fourth-order valence-corrected chi connectivity index (χ4v) is 7.28. The fraction of sp³-hybridized carbons (Fsp3) is 0.548. The minimum Gasteiger partial charge on any atom is -0.390 e. The molecule has 0 spiro atoms. The van der Waals surface area contributed by atoms with Gasteiger partial charge in [0, 0.05) is 61.4 Å². The third-order valence-electron chi connectivity index (χ3n) is 9.34. The van der Waals surface area contributed by atoms with Gasteiger partial charge < -0.3 is 25.0 Å². The maximum Gasteiger partial charge on any atom is 0.254 e. The monoisotopic (exact) mass is 517 g/mol. The first-order valence-electron chi connectivity index (χ1n) is 14.0. The van der Waals surface area contributed by atoms with Crippen molar-refractivity contribution < 1.29 is 19.4 Å². The van der Waals surface area contributed by atoms with Crippen molar-refractivity contribution in [1.82, 2.24) is 15.1 Å². The number of carbonyl (C=O) groups is 2. The highest BCUT2D eigenvalue weighted by Gasteiger charge is 2.44. The van der Waals surface area contributed by atoms with Crippen molar-refractivity contribution in [3.05, 3.63) is 70.3 Å². The second-order valence-electron chi connectivity index (χ2n) is 12.3. The van der Waals surface area contributed by atoms with Crippen LogP contribution in [0.2, 0.25) is 0 Å². The number of methoxy groups -OCH3 is 1. The summed E-state index contributed by atoms with van der Waals surface area (Å²) < 4.78 is 5.61. The predicted octanol–water partition coefficient (Wildman–Crippen LogP) is 3.28. The zero-order chi connectivity index (χ0) is 26.6. The molecule has 38 heavy (non-hydrogen) atoms. The predicted molar refractivity (Wildman–Crippen MR) is 145 cm³/mol. The fourth-order valence-electron chi connectivity index (χ4n) is 7.28. The SMILES string of the molecule is CO[C@@H]1C[C@H]2CC[C@@H](C1)N2C(=O)c1ccc2c(c1)C(C)(C)CN(C[C@@H](O)[C@@H]1Cc3ccccc3CN1)C2=O. The Hall–Kier alpha value is -2.74. The molecular formula is C31H39N3O4. The van der Waals surface area contributed by atoms with Gasteiger partial charge >= 0.3 is 0 Å².